The zero-order chi connectivity index (χ0) is 24.5. The van der Waals surface area contributed by atoms with Gasteiger partial charge >= 0.3 is 0 Å². The van der Waals surface area contributed by atoms with Gasteiger partial charge < -0.3 is 4.74 Å². The van der Waals surface area contributed by atoms with Crippen LogP contribution in [0.5, 0.6) is 5.75 Å². The molecule has 0 radical (unpaired) electrons. The molecule has 1 saturated carbocycles. The molecule has 0 N–H and O–H groups in total. The summed E-state index contributed by atoms with van der Waals surface area (Å²) in [5.74, 6) is 1.91. The topological polar surface area (TPSA) is 56.5 Å². The smallest absolute Gasteiger partial charge is 0.282 e. The summed E-state index contributed by atoms with van der Waals surface area (Å²) in [5.41, 5.74) is 1.61. The largest absolute Gasteiger partial charge is 0.491 e. The van der Waals surface area contributed by atoms with E-state index in [1.165, 1.54) is 11.1 Å². The summed E-state index contributed by atoms with van der Waals surface area (Å²) >= 11 is 8.09. The lowest BCUT2D eigenvalue weighted by Crippen LogP contribution is -2.25. The molecule has 5 nitrogen and oxygen atoms in total. The van der Waals surface area contributed by atoms with Gasteiger partial charge in [0.25, 0.3) is 5.56 Å². The van der Waals surface area contributed by atoms with Gasteiger partial charge in [-0.1, -0.05) is 56.0 Å². The predicted octanol–water partition coefficient (Wildman–Crippen LogP) is 7.72. The fraction of sp³-hybridized carbons (Fsp3) is 0.423. The molecule has 1 heterocycles. The van der Waals surface area contributed by atoms with Crippen LogP contribution in [0.15, 0.2) is 44.7 Å². The Morgan fingerprint density at radius 2 is 1.82 bits per heavy atom. The molecule has 0 bridgehead atoms. The predicted molar refractivity (Wildman–Crippen MR) is 159 cm³/mol. The summed E-state index contributed by atoms with van der Waals surface area (Å²) in [6, 6.07) is 9.75. The van der Waals surface area contributed by atoms with Crippen LogP contribution in [0, 0.1) is 12.6 Å². The fourth-order valence-electron chi connectivity index (χ4n) is 4.11. The molecule has 0 saturated heterocycles. The normalized spacial score (nSPS) is 15.4. The molecule has 0 spiro atoms. The summed E-state index contributed by atoms with van der Waals surface area (Å²) in [5, 5.41) is 5.25. The van der Waals surface area contributed by atoms with Crippen molar-refractivity contribution >= 4 is 78.2 Å². The standard InChI is InChI=1S/C26H28BrI2N3O2/c1-26(2,3)15-34-23-20(28)11-16(12-21(23)29)14-30-32-24(17-7-5-4-6-8-17)31-22-10-9-18(27)13-19(22)25(32)33/h9-14,17H,4-8,15H2,1-3H3. The van der Waals surface area contributed by atoms with Gasteiger partial charge in [0.2, 0.25) is 0 Å². The maximum absolute atomic E-state index is 13.5. The van der Waals surface area contributed by atoms with Gasteiger partial charge in [0.1, 0.15) is 11.6 Å². The maximum atomic E-state index is 13.5. The summed E-state index contributed by atoms with van der Waals surface area (Å²) < 4.78 is 10.5. The number of ether oxygens (including phenoxy) is 1. The Morgan fingerprint density at radius 3 is 2.47 bits per heavy atom. The van der Waals surface area contributed by atoms with E-state index in [1.54, 1.807) is 6.21 Å². The summed E-state index contributed by atoms with van der Waals surface area (Å²) in [4.78, 5) is 18.4. The molecule has 0 atom stereocenters. The first kappa shape index (κ1) is 26.1. The van der Waals surface area contributed by atoms with Crippen LogP contribution in [0.3, 0.4) is 0 Å². The van der Waals surface area contributed by atoms with E-state index in [0.717, 1.165) is 60.0 Å². The summed E-state index contributed by atoms with van der Waals surface area (Å²) in [7, 11) is 0. The molecule has 1 aliphatic rings. The Balaban J connectivity index is 1.74. The lowest BCUT2D eigenvalue weighted by atomic mass is 9.88. The molecule has 1 aromatic heterocycles. The number of rotatable bonds is 5. The van der Waals surface area contributed by atoms with Crippen LogP contribution in [-0.2, 0) is 0 Å². The van der Waals surface area contributed by atoms with Gasteiger partial charge in [-0.2, -0.15) is 9.78 Å². The third kappa shape index (κ3) is 6.21. The number of halogens is 3. The molecule has 2 aromatic carbocycles. The molecule has 0 amide bonds. The number of hydrogen-bond acceptors (Lipinski definition) is 4. The van der Waals surface area contributed by atoms with E-state index in [1.807, 2.05) is 30.3 Å². The van der Waals surface area contributed by atoms with Gasteiger partial charge in [0.05, 0.1) is 30.9 Å². The molecule has 0 aliphatic heterocycles. The maximum Gasteiger partial charge on any atom is 0.282 e. The second-order valence-electron chi connectivity index (χ2n) is 9.99. The van der Waals surface area contributed by atoms with Crippen LogP contribution in [-0.4, -0.2) is 22.5 Å². The van der Waals surface area contributed by atoms with Crippen LogP contribution in [0.25, 0.3) is 10.9 Å². The van der Waals surface area contributed by atoms with Crippen LogP contribution >= 0.6 is 61.1 Å². The van der Waals surface area contributed by atoms with Crippen molar-refractivity contribution in [1.29, 1.82) is 0 Å². The quantitative estimate of drug-likeness (QED) is 0.199. The molecule has 4 rings (SSSR count). The molecular formula is C26H28BrI2N3O2. The second kappa shape index (κ2) is 10.9. The van der Waals surface area contributed by atoms with Gasteiger partial charge in [0.15, 0.2) is 0 Å². The van der Waals surface area contributed by atoms with Crippen molar-refractivity contribution < 1.29 is 4.74 Å². The number of benzene rings is 2. The van der Waals surface area contributed by atoms with Crippen LogP contribution < -0.4 is 10.3 Å². The Labute approximate surface area is 236 Å². The Kier molecular flexibility index (Phi) is 8.39. The van der Waals surface area contributed by atoms with E-state index < -0.39 is 0 Å². The number of nitrogens with zero attached hydrogens (tertiary/aromatic N) is 3. The minimum atomic E-state index is -0.127. The highest BCUT2D eigenvalue weighted by Gasteiger charge is 2.22. The molecule has 180 valence electrons. The van der Waals surface area contributed by atoms with Crippen molar-refractivity contribution in [2.24, 2.45) is 10.5 Å². The Bertz CT molecular complexity index is 1270. The molecule has 1 fully saturated rings. The number of aromatic nitrogens is 2. The van der Waals surface area contributed by atoms with Gasteiger partial charge in [0, 0.05) is 10.4 Å². The van der Waals surface area contributed by atoms with Crippen LogP contribution in [0.1, 0.15) is 70.2 Å². The summed E-state index contributed by atoms with van der Waals surface area (Å²) in [6.45, 7) is 7.12. The van der Waals surface area contributed by atoms with E-state index in [-0.39, 0.29) is 16.9 Å². The van der Waals surface area contributed by atoms with E-state index in [0.29, 0.717) is 12.0 Å². The molecule has 0 unspecified atom stereocenters. The lowest BCUT2D eigenvalue weighted by molar-refractivity contribution is 0.195. The fourth-order valence-corrected chi connectivity index (χ4v) is 6.60. The van der Waals surface area contributed by atoms with Crippen molar-refractivity contribution in [2.45, 2.75) is 58.8 Å². The van der Waals surface area contributed by atoms with E-state index in [4.69, 9.17) is 9.72 Å². The number of fused-ring (bicyclic) bond motifs is 1. The summed E-state index contributed by atoms with van der Waals surface area (Å²) in [6.07, 6.45) is 7.41. The van der Waals surface area contributed by atoms with Crippen molar-refractivity contribution in [3.8, 4) is 5.75 Å². The average Bonchev–Trinajstić information content (AvgIpc) is 2.78. The first-order valence-corrected chi connectivity index (χ1v) is 14.5. The highest BCUT2D eigenvalue weighted by atomic mass is 127. The number of hydrogen-bond donors (Lipinski definition) is 0. The van der Waals surface area contributed by atoms with E-state index >= 15 is 0 Å². The molecular weight excluding hydrogens is 720 g/mol. The van der Waals surface area contributed by atoms with Gasteiger partial charge in [-0.05, 0) is 99.3 Å². The Hall–Kier alpha value is -1.01. The van der Waals surface area contributed by atoms with E-state index in [9.17, 15) is 4.79 Å². The van der Waals surface area contributed by atoms with Crippen molar-refractivity contribution in [3.05, 3.63) is 63.7 Å². The van der Waals surface area contributed by atoms with E-state index in [2.05, 4.69) is 87.0 Å². The van der Waals surface area contributed by atoms with Crippen LogP contribution in [0.2, 0.25) is 0 Å². The Morgan fingerprint density at radius 1 is 1.15 bits per heavy atom. The average molecular weight is 748 g/mol. The van der Waals surface area contributed by atoms with Crippen molar-refractivity contribution in [3.63, 3.8) is 0 Å². The second-order valence-corrected chi connectivity index (χ2v) is 13.2. The third-order valence-corrected chi connectivity index (χ3v) is 7.89. The molecule has 34 heavy (non-hydrogen) atoms. The van der Waals surface area contributed by atoms with Gasteiger partial charge in [-0.15, -0.1) is 0 Å². The minimum absolute atomic E-state index is 0.0844. The monoisotopic (exact) mass is 747 g/mol. The molecule has 3 aromatic rings. The van der Waals surface area contributed by atoms with Crippen molar-refractivity contribution in [2.75, 3.05) is 6.61 Å². The lowest BCUT2D eigenvalue weighted by Gasteiger charge is -2.22. The minimum Gasteiger partial charge on any atom is -0.491 e. The molecule has 1 aliphatic carbocycles. The third-order valence-electron chi connectivity index (χ3n) is 5.80. The zero-order valence-corrected chi connectivity index (χ0v) is 25.5. The van der Waals surface area contributed by atoms with Gasteiger partial charge in [-0.25, -0.2) is 4.98 Å². The highest BCUT2D eigenvalue weighted by molar-refractivity contribution is 14.1. The van der Waals surface area contributed by atoms with Crippen LogP contribution in [0.4, 0.5) is 0 Å². The zero-order valence-electron chi connectivity index (χ0n) is 19.6. The molecule has 8 heteroatoms. The SMILES string of the molecule is CC(C)(C)COc1c(I)cc(C=Nn2c(C3CCCCC3)nc3ccc(Br)cc3c2=O)cc1I. The van der Waals surface area contributed by atoms with Gasteiger partial charge in [-0.3, -0.25) is 4.79 Å². The first-order valence-electron chi connectivity index (χ1n) is 11.5. The first-order chi connectivity index (χ1) is 16.1. The highest BCUT2D eigenvalue weighted by Crippen LogP contribution is 2.33. The van der Waals surface area contributed by atoms with Crippen molar-refractivity contribution in [1.82, 2.24) is 9.66 Å².